The van der Waals surface area contributed by atoms with E-state index in [9.17, 15) is 22.7 Å². The Morgan fingerprint density at radius 2 is 1.14 bits per heavy atom. The van der Waals surface area contributed by atoms with Gasteiger partial charge in [0.1, 0.15) is 29.9 Å². The number of benzene rings is 2. The van der Waals surface area contributed by atoms with Crippen LogP contribution in [0.3, 0.4) is 0 Å². The lowest BCUT2D eigenvalue weighted by molar-refractivity contribution is 0.265. The van der Waals surface area contributed by atoms with Crippen molar-refractivity contribution in [3.05, 3.63) is 59.7 Å². The van der Waals surface area contributed by atoms with Crippen molar-refractivity contribution in [2.24, 2.45) is 0 Å². The van der Waals surface area contributed by atoms with Gasteiger partial charge in [0, 0.05) is 46.6 Å². The van der Waals surface area contributed by atoms with Crippen LogP contribution in [0, 0.1) is 11.6 Å². The first-order valence-corrected chi connectivity index (χ1v) is 16.5. The minimum Gasteiger partial charge on any atom is -0.388 e. The van der Waals surface area contributed by atoms with Crippen molar-refractivity contribution in [1.29, 1.82) is 0 Å². The maximum atomic E-state index is 13.1. The van der Waals surface area contributed by atoms with Crippen molar-refractivity contribution in [2.75, 3.05) is 18.7 Å². The second kappa shape index (κ2) is 23.3. The van der Waals surface area contributed by atoms with Gasteiger partial charge in [-0.15, -0.1) is 47.2 Å². The molecule has 0 saturated heterocycles. The number of aromatic nitrogens is 4. The first-order chi connectivity index (χ1) is 19.7. The first kappa shape index (κ1) is 41.0. The normalized spacial score (nSPS) is 10.4. The van der Waals surface area contributed by atoms with Crippen molar-refractivity contribution < 1.29 is 26.9 Å². The molecule has 6 nitrogen and oxygen atoms in total. The van der Waals surface area contributed by atoms with Crippen LogP contribution in [0.2, 0.25) is 0 Å². The molecular weight excluding hydrogens is 709 g/mol. The smallest absolute Gasteiger partial charge is 0.211 e. The van der Waals surface area contributed by atoms with E-state index in [1.165, 1.54) is 24.3 Å². The number of fused-ring (bicyclic) bond motifs is 2. The van der Waals surface area contributed by atoms with Crippen molar-refractivity contribution in [1.82, 2.24) is 19.1 Å². The highest BCUT2D eigenvalue weighted by molar-refractivity contribution is 8.26. The Hall–Kier alpha value is -1.05. The van der Waals surface area contributed by atoms with Gasteiger partial charge in [0.15, 0.2) is 0 Å². The lowest BCUT2D eigenvalue weighted by Gasteiger charge is -2.06. The van der Waals surface area contributed by atoms with Gasteiger partial charge in [-0.2, -0.15) is 0 Å². The minimum absolute atomic E-state index is 0. The predicted molar refractivity (Wildman–Crippen MR) is 169 cm³/mol. The molecule has 2 aromatic carbocycles. The number of hydrogen-bond donors (Lipinski definition) is 1. The number of aliphatic hydroxyl groups excluding tert-OH is 1. The number of aryl methyl sites for hydroxylation is 2. The number of hydrogen-bond acceptors (Lipinski definition) is 4. The van der Waals surface area contributed by atoms with Crippen LogP contribution in [0.25, 0.3) is 22.1 Å². The standard InChI is InChI=1S/C12H13ClF2N2.C12H14F2N2O.CH2Cl2.Cl2OS.ClH/c13-8-12-16-10-7-9(15)3-4-11(10)17(12)6-2-1-5-14;13-5-1-2-6-16-11-4-3-9(14)7-10(11)15-12(16)8-17;2-1-3;1-4(2)3;/h3-4,7H,1-2,5-6,8H2;3-4,7,17H,1-2,5-6,8H2;1H2;;1H. The van der Waals surface area contributed by atoms with E-state index in [-0.39, 0.29) is 55.2 Å². The molecule has 0 amide bonds. The third kappa shape index (κ3) is 14.2. The highest BCUT2D eigenvalue weighted by atomic mass is 36.0. The Bertz CT molecular complexity index is 1250. The molecule has 2 aromatic heterocycles. The molecule has 0 unspecified atom stereocenters. The number of nitrogens with zero attached hydrogens (tertiary/aromatic N) is 4. The molecule has 0 bridgehead atoms. The number of unbranched alkanes of at least 4 members (excludes halogenated alkanes) is 2. The van der Waals surface area contributed by atoms with Crippen LogP contribution in [0.4, 0.5) is 17.6 Å². The molecule has 0 aliphatic carbocycles. The molecule has 1 N–H and O–H groups in total. The van der Waals surface area contributed by atoms with Crippen LogP contribution in [0.15, 0.2) is 36.4 Å². The Labute approximate surface area is 274 Å². The lowest BCUT2D eigenvalue weighted by atomic mass is 10.3. The maximum Gasteiger partial charge on any atom is 0.211 e. The summed E-state index contributed by atoms with van der Waals surface area (Å²) in [5.74, 6) is 0.796. The summed E-state index contributed by atoms with van der Waals surface area (Å²) in [6.45, 7) is 0.370. The fourth-order valence-electron chi connectivity index (χ4n) is 3.76. The van der Waals surface area contributed by atoms with Gasteiger partial charge >= 0.3 is 0 Å². The van der Waals surface area contributed by atoms with E-state index in [1.807, 2.05) is 9.13 Å². The van der Waals surface area contributed by atoms with Crippen LogP contribution >= 0.6 is 68.6 Å². The molecule has 0 radical (unpaired) electrons. The van der Waals surface area contributed by atoms with E-state index in [2.05, 4.69) is 31.3 Å². The fourth-order valence-corrected chi connectivity index (χ4v) is 3.96. The maximum absolute atomic E-state index is 13.1. The summed E-state index contributed by atoms with van der Waals surface area (Å²) >= 11 is 15.3. The molecule has 0 aliphatic heterocycles. The van der Waals surface area contributed by atoms with Gasteiger partial charge in [0.05, 0.1) is 46.6 Å². The van der Waals surface area contributed by atoms with Gasteiger partial charge in [-0.25, -0.2) is 23.0 Å². The highest BCUT2D eigenvalue weighted by Crippen LogP contribution is 2.20. The van der Waals surface area contributed by atoms with Gasteiger partial charge in [-0.1, -0.05) is 0 Å². The molecule has 4 aromatic rings. The molecule has 0 spiro atoms. The van der Waals surface area contributed by atoms with E-state index >= 15 is 0 Å². The number of aliphatic hydroxyl groups is 1. The molecule has 0 atom stereocenters. The lowest BCUT2D eigenvalue weighted by Crippen LogP contribution is -2.04. The van der Waals surface area contributed by atoms with Crippen LogP contribution < -0.4 is 0 Å². The minimum atomic E-state index is -1.67. The zero-order chi connectivity index (χ0) is 30.8. The number of imidazole rings is 2. The second-order valence-corrected chi connectivity index (χ2v) is 11.6. The summed E-state index contributed by atoms with van der Waals surface area (Å²) in [6.07, 6.45) is 2.39. The van der Waals surface area contributed by atoms with Crippen LogP contribution in [-0.4, -0.2) is 47.1 Å². The van der Waals surface area contributed by atoms with Crippen LogP contribution in [0.1, 0.15) is 37.3 Å². The molecule has 2 heterocycles. The largest absolute Gasteiger partial charge is 0.388 e. The highest BCUT2D eigenvalue weighted by Gasteiger charge is 2.11. The molecular formula is C25H30Cl6F4N4O2S. The number of alkyl halides is 5. The molecule has 0 aliphatic rings. The summed E-state index contributed by atoms with van der Waals surface area (Å²) in [7, 11) is 7.36. The average molecular weight is 739 g/mol. The third-order valence-corrected chi connectivity index (χ3v) is 5.61. The van der Waals surface area contributed by atoms with Crippen LogP contribution in [0.5, 0.6) is 0 Å². The Balaban J connectivity index is 0.000000644. The Morgan fingerprint density at radius 3 is 1.50 bits per heavy atom. The summed E-state index contributed by atoms with van der Waals surface area (Å²) in [4.78, 5) is 8.42. The molecule has 0 saturated carbocycles. The quantitative estimate of drug-likeness (QED) is 0.0764. The van der Waals surface area contributed by atoms with Gasteiger partial charge < -0.3 is 14.2 Å². The number of halogens is 10. The monoisotopic (exact) mass is 736 g/mol. The molecule has 238 valence electrons. The zero-order valence-electron chi connectivity index (χ0n) is 22.1. The van der Waals surface area contributed by atoms with Crippen molar-refractivity contribution in [3.8, 4) is 0 Å². The van der Waals surface area contributed by atoms with Crippen molar-refractivity contribution in [3.63, 3.8) is 0 Å². The van der Waals surface area contributed by atoms with Gasteiger partial charge in [-0.05, 0) is 49.9 Å². The zero-order valence-corrected chi connectivity index (χ0v) is 27.5. The van der Waals surface area contributed by atoms with Crippen molar-refractivity contribution >= 4 is 99.9 Å². The van der Waals surface area contributed by atoms with E-state index < -0.39 is 9.23 Å². The molecule has 42 heavy (non-hydrogen) atoms. The van der Waals surface area contributed by atoms with E-state index in [0.29, 0.717) is 55.0 Å². The molecule has 0 fully saturated rings. The molecule has 4 rings (SSSR count). The van der Waals surface area contributed by atoms with E-state index in [1.54, 1.807) is 12.1 Å². The topological polar surface area (TPSA) is 72.9 Å². The summed E-state index contributed by atoms with van der Waals surface area (Å²) < 4.78 is 63.0. The average Bonchev–Trinajstić information content (AvgIpc) is 3.46. The van der Waals surface area contributed by atoms with Gasteiger partial charge in [-0.3, -0.25) is 8.78 Å². The summed E-state index contributed by atoms with van der Waals surface area (Å²) in [6, 6.07) is 8.79. The van der Waals surface area contributed by atoms with E-state index in [0.717, 1.165) is 17.5 Å². The van der Waals surface area contributed by atoms with E-state index in [4.69, 9.17) is 39.0 Å². The SMILES string of the molecule is Cl.ClCCl.FCCCCn1c(CCl)nc2cc(F)ccc21.O=S(Cl)Cl.OCc1nc2cc(F)ccc2n1CCCCF. The predicted octanol–water partition coefficient (Wildman–Crippen LogP) is 8.97. The summed E-state index contributed by atoms with van der Waals surface area (Å²) in [5.41, 5.74) is 2.74. The van der Waals surface area contributed by atoms with Crippen LogP contribution in [-0.2, 0) is 34.8 Å². The Morgan fingerprint density at radius 1 is 0.762 bits per heavy atom. The summed E-state index contributed by atoms with van der Waals surface area (Å²) in [5, 5.41) is 9.39. The fraction of sp³-hybridized carbons (Fsp3) is 0.440. The first-order valence-electron chi connectivity index (χ1n) is 12.1. The third-order valence-electron chi connectivity index (χ3n) is 5.37. The van der Waals surface area contributed by atoms with Gasteiger partial charge in [0.25, 0.3) is 0 Å². The molecule has 17 heteroatoms. The second-order valence-electron chi connectivity index (χ2n) is 7.99. The Kier molecular flexibility index (Phi) is 22.8. The van der Waals surface area contributed by atoms with Crippen molar-refractivity contribution in [2.45, 2.75) is 51.3 Å². The van der Waals surface area contributed by atoms with Gasteiger partial charge in [0.2, 0.25) is 9.23 Å². The number of rotatable bonds is 10.